The maximum absolute atomic E-state index is 12.4. The normalized spacial score (nSPS) is 21.3. The zero-order valence-corrected chi connectivity index (χ0v) is 13.0. The van der Waals surface area contributed by atoms with Crippen LogP contribution in [0.3, 0.4) is 0 Å². The van der Waals surface area contributed by atoms with Crippen LogP contribution in [0.5, 0.6) is 0 Å². The third-order valence-electron chi connectivity index (χ3n) is 2.88. The van der Waals surface area contributed by atoms with Crippen molar-refractivity contribution < 1.29 is 8.42 Å². The van der Waals surface area contributed by atoms with Crippen molar-refractivity contribution in [2.45, 2.75) is 23.8 Å². The molecule has 7 heteroatoms. The molecule has 102 valence electrons. The molecule has 2 N–H and O–H groups in total. The lowest BCUT2D eigenvalue weighted by Gasteiger charge is -2.30. The first-order valence-corrected chi connectivity index (χ1v) is 7.75. The summed E-state index contributed by atoms with van der Waals surface area (Å²) in [6.07, 6.45) is 1.72. The molecule has 4 nitrogen and oxygen atoms in total. The molecular weight excluding hydrogens is 340 g/mol. The Labute approximate surface area is 122 Å². The number of sulfonamides is 1. The molecule has 0 aliphatic carbocycles. The topological polar surface area (TPSA) is 63.4 Å². The van der Waals surface area contributed by atoms with Crippen LogP contribution < -0.4 is 5.73 Å². The van der Waals surface area contributed by atoms with Gasteiger partial charge in [0.05, 0.1) is 4.90 Å². The average Bonchev–Trinajstić information content (AvgIpc) is 2.29. The molecule has 1 aromatic rings. The van der Waals surface area contributed by atoms with E-state index in [4.69, 9.17) is 5.73 Å². The standard InChI is InChI=1S/C11H15BrN2O2S.ClH/c12-10-5-1-2-6-11(10)17(15,16)14-7-3-4-9(13)8-14;/h1-2,5-6,9H,3-4,7-8,13H2;1H/t9-;/m1./s1. The molecule has 1 aliphatic heterocycles. The van der Waals surface area contributed by atoms with Gasteiger partial charge in [0, 0.05) is 23.6 Å². The SMILES string of the molecule is Cl.N[C@@H]1CCCN(S(=O)(=O)c2ccccc2Br)C1. The molecule has 0 spiro atoms. The molecule has 1 heterocycles. The Morgan fingerprint density at radius 1 is 1.33 bits per heavy atom. The molecule has 0 aromatic heterocycles. The molecule has 1 atom stereocenters. The van der Waals surface area contributed by atoms with Crippen LogP contribution in [-0.4, -0.2) is 31.9 Å². The first kappa shape index (κ1) is 15.9. The molecule has 0 radical (unpaired) electrons. The lowest BCUT2D eigenvalue weighted by Crippen LogP contribution is -2.45. The Hall–Kier alpha value is -0.140. The van der Waals surface area contributed by atoms with Gasteiger partial charge in [-0.25, -0.2) is 8.42 Å². The first-order chi connectivity index (χ1) is 8.01. The van der Waals surface area contributed by atoms with Gasteiger partial charge in [0.25, 0.3) is 0 Å². The number of hydrogen-bond donors (Lipinski definition) is 1. The van der Waals surface area contributed by atoms with E-state index in [2.05, 4.69) is 15.9 Å². The van der Waals surface area contributed by atoms with Gasteiger partial charge < -0.3 is 5.73 Å². The zero-order valence-electron chi connectivity index (χ0n) is 9.75. The van der Waals surface area contributed by atoms with E-state index < -0.39 is 10.0 Å². The highest BCUT2D eigenvalue weighted by Gasteiger charge is 2.29. The Morgan fingerprint density at radius 2 is 2.00 bits per heavy atom. The maximum Gasteiger partial charge on any atom is 0.244 e. The summed E-state index contributed by atoms with van der Waals surface area (Å²) in [6, 6.07) is 6.81. The maximum atomic E-state index is 12.4. The van der Waals surface area contributed by atoms with Crippen molar-refractivity contribution in [1.29, 1.82) is 0 Å². The molecule has 18 heavy (non-hydrogen) atoms. The second-order valence-corrected chi connectivity index (χ2v) is 6.96. The number of nitrogens with two attached hydrogens (primary N) is 1. The van der Waals surface area contributed by atoms with E-state index in [1.807, 2.05) is 0 Å². The minimum absolute atomic E-state index is 0. The molecule has 0 amide bonds. The first-order valence-electron chi connectivity index (χ1n) is 5.52. The number of piperidine rings is 1. The number of hydrogen-bond acceptors (Lipinski definition) is 3. The van der Waals surface area contributed by atoms with Crippen LogP contribution >= 0.6 is 28.3 Å². The highest BCUT2D eigenvalue weighted by molar-refractivity contribution is 9.10. The summed E-state index contributed by atoms with van der Waals surface area (Å²) in [7, 11) is -3.42. The zero-order chi connectivity index (χ0) is 12.5. The smallest absolute Gasteiger partial charge is 0.244 e. The lowest BCUT2D eigenvalue weighted by atomic mass is 10.1. The van der Waals surface area contributed by atoms with Crippen LogP contribution in [0.4, 0.5) is 0 Å². The van der Waals surface area contributed by atoms with Crippen molar-refractivity contribution in [3.8, 4) is 0 Å². The van der Waals surface area contributed by atoms with Gasteiger partial charge in [-0.3, -0.25) is 0 Å². The second-order valence-electron chi connectivity index (χ2n) is 4.20. The lowest BCUT2D eigenvalue weighted by molar-refractivity contribution is 0.316. The molecule has 1 fully saturated rings. The molecule has 0 saturated carbocycles. The molecule has 1 aromatic carbocycles. The fourth-order valence-electron chi connectivity index (χ4n) is 1.99. The van der Waals surface area contributed by atoms with E-state index in [0.29, 0.717) is 22.5 Å². The number of halogens is 2. The molecule has 0 unspecified atom stereocenters. The van der Waals surface area contributed by atoms with Gasteiger partial charge in [-0.15, -0.1) is 12.4 Å². The van der Waals surface area contributed by atoms with E-state index >= 15 is 0 Å². The van der Waals surface area contributed by atoms with Crippen LogP contribution in [0.25, 0.3) is 0 Å². The minimum atomic E-state index is -3.42. The summed E-state index contributed by atoms with van der Waals surface area (Å²) in [6.45, 7) is 0.959. The van der Waals surface area contributed by atoms with Gasteiger partial charge in [-0.1, -0.05) is 12.1 Å². The van der Waals surface area contributed by atoms with Gasteiger partial charge in [0.15, 0.2) is 0 Å². The predicted octanol–water partition coefficient (Wildman–Crippen LogP) is 1.98. The summed E-state index contributed by atoms with van der Waals surface area (Å²) in [5.41, 5.74) is 5.82. The second kappa shape index (κ2) is 6.34. The van der Waals surface area contributed by atoms with E-state index in [1.54, 1.807) is 24.3 Å². The van der Waals surface area contributed by atoms with Crippen LogP contribution in [0.2, 0.25) is 0 Å². The fourth-order valence-corrected chi connectivity index (χ4v) is 4.48. The Kier molecular flexibility index (Phi) is 5.61. The van der Waals surface area contributed by atoms with Gasteiger partial charge in [0.1, 0.15) is 0 Å². The molecule has 1 aliphatic rings. The van der Waals surface area contributed by atoms with E-state index in [9.17, 15) is 8.42 Å². The minimum Gasteiger partial charge on any atom is -0.327 e. The van der Waals surface area contributed by atoms with Gasteiger partial charge in [-0.05, 0) is 40.9 Å². The number of rotatable bonds is 2. The Bertz CT molecular complexity index is 510. The summed E-state index contributed by atoms with van der Waals surface area (Å²) >= 11 is 3.28. The van der Waals surface area contributed by atoms with Crippen molar-refractivity contribution in [3.63, 3.8) is 0 Å². The predicted molar refractivity (Wildman–Crippen MR) is 77.4 cm³/mol. The van der Waals surface area contributed by atoms with E-state index in [-0.39, 0.29) is 18.4 Å². The van der Waals surface area contributed by atoms with Gasteiger partial charge in [0.2, 0.25) is 10.0 Å². The van der Waals surface area contributed by atoms with Crippen molar-refractivity contribution in [3.05, 3.63) is 28.7 Å². The third kappa shape index (κ3) is 3.24. The molecular formula is C11H16BrClN2O2S. The molecule has 2 rings (SSSR count). The van der Waals surface area contributed by atoms with Crippen LogP contribution in [0, 0.1) is 0 Å². The fraction of sp³-hybridized carbons (Fsp3) is 0.455. The van der Waals surface area contributed by atoms with Crippen molar-refractivity contribution in [2.24, 2.45) is 5.73 Å². The van der Waals surface area contributed by atoms with Gasteiger partial charge >= 0.3 is 0 Å². The summed E-state index contributed by atoms with van der Waals surface area (Å²) in [5.74, 6) is 0. The molecule has 0 bridgehead atoms. The van der Waals surface area contributed by atoms with Crippen LogP contribution in [-0.2, 0) is 10.0 Å². The van der Waals surface area contributed by atoms with Crippen LogP contribution in [0.15, 0.2) is 33.6 Å². The monoisotopic (exact) mass is 354 g/mol. The number of nitrogens with zero attached hydrogens (tertiary/aromatic N) is 1. The van der Waals surface area contributed by atoms with E-state index in [1.165, 1.54) is 4.31 Å². The summed E-state index contributed by atoms with van der Waals surface area (Å²) in [4.78, 5) is 0.314. The summed E-state index contributed by atoms with van der Waals surface area (Å²) in [5, 5.41) is 0. The molecule has 1 saturated heterocycles. The highest BCUT2D eigenvalue weighted by Crippen LogP contribution is 2.26. The van der Waals surface area contributed by atoms with Crippen molar-refractivity contribution in [2.75, 3.05) is 13.1 Å². The van der Waals surface area contributed by atoms with Crippen molar-refractivity contribution >= 4 is 38.4 Å². The van der Waals surface area contributed by atoms with E-state index in [0.717, 1.165) is 12.8 Å². The largest absolute Gasteiger partial charge is 0.327 e. The van der Waals surface area contributed by atoms with Crippen molar-refractivity contribution in [1.82, 2.24) is 4.31 Å². The Balaban J connectivity index is 0.00000162. The third-order valence-corrected chi connectivity index (χ3v) is 5.75. The van der Waals surface area contributed by atoms with Gasteiger partial charge in [-0.2, -0.15) is 4.31 Å². The number of benzene rings is 1. The Morgan fingerprint density at radius 3 is 2.61 bits per heavy atom. The highest BCUT2D eigenvalue weighted by atomic mass is 79.9. The summed E-state index contributed by atoms with van der Waals surface area (Å²) < 4.78 is 26.9. The average molecular weight is 356 g/mol. The van der Waals surface area contributed by atoms with Crippen LogP contribution in [0.1, 0.15) is 12.8 Å². The quantitative estimate of drug-likeness (QED) is 0.882.